The number of hydrogen-bond donors (Lipinski definition) is 1. The van der Waals surface area contributed by atoms with Gasteiger partial charge in [-0.1, -0.05) is 23.4 Å². The summed E-state index contributed by atoms with van der Waals surface area (Å²) in [5, 5.41) is 10.8. The summed E-state index contributed by atoms with van der Waals surface area (Å²) in [6, 6.07) is 9.57. The van der Waals surface area contributed by atoms with Gasteiger partial charge in [0.2, 0.25) is 0 Å². The Balaban J connectivity index is 1.37. The number of nitrogens with one attached hydrogen (secondary N) is 1. The molecule has 1 N–H and O–H groups in total. The van der Waals surface area contributed by atoms with Crippen LogP contribution in [-0.2, 0) is 37.3 Å². The van der Waals surface area contributed by atoms with E-state index in [4.69, 9.17) is 13.9 Å². The molecule has 0 saturated carbocycles. The van der Waals surface area contributed by atoms with Crippen LogP contribution in [0.25, 0.3) is 5.69 Å². The third-order valence-corrected chi connectivity index (χ3v) is 6.74. The van der Waals surface area contributed by atoms with Crippen molar-refractivity contribution in [2.24, 2.45) is 0 Å². The van der Waals surface area contributed by atoms with Gasteiger partial charge in [-0.05, 0) is 49.2 Å². The Morgan fingerprint density at radius 1 is 1.21 bits per heavy atom. The second-order valence-electron chi connectivity index (χ2n) is 9.65. The molecule has 1 aliphatic rings. The van der Waals surface area contributed by atoms with Crippen LogP contribution in [0.15, 0.2) is 40.9 Å². The number of aryl methyl sites for hydroxylation is 1. The Labute approximate surface area is 225 Å². The molecule has 2 aromatic carbocycles. The molecule has 0 fully saturated rings. The van der Waals surface area contributed by atoms with Crippen LogP contribution in [0.5, 0.6) is 5.75 Å². The normalized spacial score (nSPS) is 13.4. The zero-order valence-electron chi connectivity index (χ0n) is 22.5. The highest BCUT2D eigenvalue weighted by Gasteiger charge is 2.23. The Kier molecular flexibility index (Phi) is 7.71. The number of fused-ring (bicyclic) bond motifs is 1. The summed E-state index contributed by atoms with van der Waals surface area (Å²) in [5.41, 5.74) is 5.11. The van der Waals surface area contributed by atoms with Crippen molar-refractivity contribution in [3.8, 4) is 11.4 Å². The summed E-state index contributed by atoms with van der Waals surface area (Å²) in [4.78, 5) is 20.0. The maximum absolute atomic E-state index is 15.3. The fraction of sp³-hybridized carbons (Fsp3) is 0.357. The van der Waals surface area contributed by atoms with Gasteiger partial charge in [0.05, 0.1) is 24.7 Å². The number of rotatable bonds is 9. The van der Waals surface area contributed by atoms with Gasteiger partial charge in [-0.3, -0.25) is 4.79 Å². The summed E-state index contributed by atoms with van der Waals surface area (Å²) < 4.78 is 33.1. The van der Waals surface area contributed by atoms with E-state index in [-0.39, 0.29) is 30.2 Å². The molecule has 0 unspecified atom stereocenters. The highest BCUT2D eigenvalue weighted by Crippen LogP contribution is 2.27. The Hall–Kier alpha value is -4.09. The molecule has 10 nitrogen and oxygen atoms in total. The minimum atomic E-state index is -0.598. The lowest BCUT2D eigenvalue weighted by atomic mass is 9.97. The number of nitrogens with zero attached hydrogens (tertiary/aromatic N) is 5. The Bertz CT molecular complexity index is 1500. The summed E-state index contributed by atoms with van der Waals surface area (Å²) in [6.07, 6.45) is 3.13. The van der Waals surface area contributed by atoms with Gasteiger partial charge >= 0.3 is 0 Å². The molecule has 0 bridgehead atoms. The highest BCUT2D eigenvalue weighted by molar-refractivity contribution is 5.93. The average molecular weight is 535 g/mol. The van der Waals surface area contributed by atoms with Crippen molar-refractivity contribution in [1.29, 1.82) is 0 Å². The molecule has 1 amide bonds. The fourth-order valence-corrected chi connectivity index (χ4v) is 4.77. The molecule has 3 heterocycles. The van der Waals surface area contributed by atoms with Crippen LogP contribution >= 0.6 is 0 Å². The summed E-state index contributed by atoms with van der Waals surface area (Å²) in [6.45, 7) is 3.66. The molecule has 1 aliphatic heterocycles. The number of likely N-dealkylation sites (N-methyl/N-ethyl adjacent to an activating group) is 1. The van der Waals surface area contributed by atoms with Gasteiger partial charge in [0, 0.05) is 38.7 Å². The van der Waals surface area contributed by atoms with Crippen LogP contribution in [0.4, 0.5) is 4.39 Å². The fourth-order valence-electron chi connectivity index (χ4n) is 4.77. The number of aromatic nitrogens is 4. The first-order valence-corrected chi connectivity index (χ1v) is 12.7. The molecule has 0 atom stereocenters. The topological polar surface area (TPSA) is 108 Å². The number of hydrogen-bond acceptors (Lipinski definition) is 8. The first kappa shape index (κ1) is 26.5. The molecular formula is C28H31FN6O4. The van der Waals surface area contributed by atoms with Gasteiger partial charge < -0.3 is 24.1 Å². The maximum Gasteiger partial charge on any atom is 0.273 e. The van der Waals surface area contributed by atoms with Crippen LogP contribution in [0.3, 0.4) is 0 Å². The Morgan fingerprint density at radius 2 is 2.05 bits per heavy atom. The summed E-state index contributed by atoms with van der Waals surface area (Å²) in [5.74, 6) is -0.338. The largest absolute Gasteiger partial charge is 0.494 e. The molecule has 4 aromatic rings. The predicted octanol–water partition coefficient (Wildman–Crippen LogP) is 3.37. The number of methoxy groups -OCH3 is 2. The van der Waals surface area contributed by atoms with E-state index < -0.39 is 11.7 Å². The van der Waals surface area contributed by atoms with Crippen molar-refractivity contribution >= 4 is 5.91 Å². The van der Waals surface area contributed by atoms with Crippen molar-refractivity contribution in [3.05, 3.63) is 87.6 Å². The lowest BCUT2D eigenvalue weighted by Gasteiger charge is -2.25. The van der Waals surface area contributed by atoms with Crippen molar-refractivity contribution in [3.63, 3.8) is 0 Å². The minimum absolute atomic E-state index is 0.0554. The van der Waals surface area contributed by atoms with Crippen molar-refractivity contribution in [2.45, 2.75) is 39.5 Å². The van der Waals surface area contributed by atoms with E-state index in [1.165, 1.54) is 36.1 Å². The van der Waals surface area contributed by atoms with E-state index in [0.717, 1.165) is 25.1 Å². The lowest BCUT2D eigenvalue weighted by molar-refractivity contribution is 0.0937. The van der Waals surface area contributed by atoms with Crippen molar-refractivity contribution in [1.82, 2.24) is 30.2 Å². The van der Waals surface area contributed by atoms with Crippen LogP contribution in [0, 0.1) is 12.7 Å². The molecule has 0 aliphatic carbocycles. The second-order valence-corrected chi connectivity index (χ2v) is 9.65. The second kappa shape index (κ2) is 11.3. The van der Waals surface area contributed by atoms with Gasteiger partial charge in [-0.15, -0.1) is 5.10 Å². The number of ether oxygens (including phenoxy) is 2. The minimum Gasteiger partial charge on any atom is -0.494 e. The number of amides is 1. The van der Waals surface area contributed by atoms with Gasteiger partial charge in [-0.2, -0.15) is 0 Å². The number of carbonyl (C=O) groups is 1. The first-order chi connectivity index (χ1) is 18.9. The quantitative estimate of drug-likeness (QED) is 0.348. The summed E-state index contributed by atoms with van der Waals surface area (Å²) >= 11 is 0. The molecule has 2 aromatic heterocycles. The third-order valence-electron chi connectivity index (χ3n) is 6.74. The molecule has 0 saturated heterocycles. The SMILES string of the molecule is COCc1oc(Cc2ccc3c(c2)CN(C)CC3)nc1C(=O)NCc1c(-n2cc(C)nn2)ccc(OC)c1F. The lowest BCUT2D eigenvalue weighted by Crippen LogP contribution is -2.26. The molecule has 39 heavy (non-hydrogen) atoms. The molecule has 0 spiro atoms. The van der Waals surface area contributed by atoms with Gasteiger partial charge in [-0.25, -0.2) is 14.1 Å². The van der Waals surface area contributed by atoms with Crippen LogP contribution in [-0.4, -0.2) is 58.6 Å². The van der Waals surface area contributed by atoms with E-state index in [9.17, 15) is 4.79 Å². The highest BCUT2D eigenvalue weighted by atomic mass is 19.1. The van der Waals surface area contributed by atoms with E-state index in [1.54, 1.807) is 19.2 Å². The first-order valence-electron chi connectivity index (χ1n) is 12.7. The number of oxazole rings is 1. The van der Waals surface area contributed by atoms with E-state index in [2.05, 4.69) is 50.8 Å². The Morgan fingerprint density at radius 3 is 2.79 bits per heavy atom. The van der Waals surface area contributed by atoms with E-state index in [1.807, 2.05) is 0 Å². The zero-order valence-corrected chi connectivity index (χ0v) is 22.5. The van der Waals surface area contributed by atoms with Gasteiger partial charge in [0.25, 0.3) is 5.91 Å². The molecule has 11 heteroatoms. The van der Waals surface area contributed by atoms with Crippen LogP contribution in [0.1, 0.15) is 50.1 Å². The smallest absolute Gasteiger partial charge is 0.273 e. The van der Waals surface area contributed by atoms with Crippen LogP contribution < -0.4 is 10.1 Å². The standard InChI is InChI=1S/C28H31FN6O4/c1-17-14-35(33-32-17)22-7-8-23(38-4)26(29)21(22)13-30-28(36)27-24(16-37-3)39-25(31-27)12-18-5-6-19-9-10-34(2)15-20(19)11-18/h5-8,11,14H,9-10,12-13,15-16H2,1-4H3,(H,30,36). The van der Waals surface area contributed by atoms with Gasteiger partial charge in [0.1, 0.15) is 6.61 Å². The van der Waals surface area contributed by atoms with Crippen molar-refractivity contribution in [2.75, 3.05) is 27.8 Å². The number of benzene rings is 2. The molecular weight excluding hydrogens is 503 g/mol. The summed E-state index contributed by atoms with van der Waals surface area (Å²) in [7, 11) is 5.01. The van der Waals surface area contributed by atoms with Crippen LogP contribution in [0.2, 0.25) is 0 Å². The van der Waals surface area contributed by atoms with Gasteiger partial charge in [0.15, 0.2) is 28.9 Å². The molecule has 204 valence electrons. The average Bonchev–Trinajstić information content (AvgIpc) is 3.53. The third kappa shape index (κ3) is 5.69. The van der Waals surface area contributed by atoms with E-state index >= 15 is 4.39 Å². The molecule has 0 radical (unpaired) electrons. The zero-order chi connectivity index (χ0) is 27.5. The number of halogens is 1. The monoisotopic (exact) mass is 534 g/mol. The maximum atomic E-state index is 15.3. The molecule has 5 rings (SSSR count). The van der Waals surface area contributed by atoms with Crippen molar-refractivity contribution < 1.29 is 23.1 Å². The predicted molar refractivity (Wildman–Crippen MR) is 140 cm³/mol. The number of carbonyl (C=O) groups excluding carboxylic acids is 1. The van der Waals surface area contributed by atoms with E-state index in [0.29, 0.717) is 29.5 Å².